The summed E-state index contributed by atoms with van der Waals surface area (Å²) in [4.78, 5) is 23.8. The molecule has 0 amide bonds. The second-order valence-electron chi connectivity index (χ2n) is 7.94. The number of nitrogens with one attached hydrogen (secondary N) is 2. The fourth-order valence-electron chi connectivity index (χ4n) is 3.79. The lowest BCUT2D eigenvalue weighted by molar-refractivity contribution is 0.273. The van der Waals surface area contributed by atoms with Crippen LogP contribution in [0.5, 0.6) is 5.75 Å². The van der Waals surface area contributed by atoms with Crippen molar-refractivity contribution in [3.8, 4) is 11.7 Å². The van der Waals surface area contributed by atoms with E-state index in [0.717, 1.165) is 27.8 Å². The highest BCUT2D eigenvalue weighted by Crippen LogP contribution is 2.30. The van der Waals surface area contributed by atoms with E-state index in [-0.39, 0.29) is 24.3 Å². The smallest absolute Gasteiger partial charge is 0.350 e. The highest BCUT2D eigenvalue weighted by atomic mass is 19.1. The molecule has 0 aliphatic carbocycles. The highest BCUT2D eigenvalue weighted by molar-refractivity contribution is 5.94. The Morgan fingerprint density at radius 3 is 2.57 bits per heavy atom. The summed E-state index contributed by atoms with van der Waals surface area (Å²) in [5.74, 6) is 0.795. The van der Waals surface area contributed by atoms with Crippen molar-refractivity contribution < 1.29 is 9.13 Å². The van der Waals surface area contributed by atoms with Gasteiger partial charge in [-0.1, -0.05) is 37.3 Å². The number of aryl methyl sites for hydroxylation is 1. The van der Waals surface area contributed by atoms with Crippen molar-refractivity contribution in [3.05, 3.63) is 99.5 Å². The zero-order chi connectivity index (χ0) is 24.8. The summed E-state index contributed by atoms with van der Waals surface area (Å²) >= 11 is 0. The van der Waals surface area contributed by atoms with E-state index in [0.29, 0.717) is 23.6 Å². The molecule has 0 spiro atoms. The van der Waals surface area contributed by atoms with Gasteiger partial charge in [0.05, 0.1) is 0 Å². The summed E-state index contributed by atoms with van der Waals surface area (Å²) in [5, 5.41) is 12.1. The number of hydrogen-bond donors (Lipinski definition) is 3. The van der Waals surface area contributed by atoms with Gasteiger partial charge in [0.1, 0.15) is 30.7 Å². The van der Waals surface area contributed by atoms with E-state index in [9.17, 15) is 9.18 Å². The van der Waals surface area contributed by atoms with Crippen molar-refractivity contribution in [2.75, 3.05) is 13.3 Å². The third-order valence-electron chi connectivity index (χ3n) is 5.56. The van der Waals surface area contributed by atoms with Gasteiger partial charge in [-0.05, 0) is 47.7 Å². The van der Waals surface area contributed by atoms with Crippen LogP contribution in [-0.2, 0) is 12.8 Å². The Kier molecular flexibility index (Phi) is 7.30. The SMILES string of the molecule is CCc1cc(OCCF)cc(C(Cc2ccc(C(=N)N)cc2)c2nn(-c3ncccn3)c(=O)[nH]2)c1. The zero-order valence-electron chi connectivity index (χ0n) is 19.2. The number of halogens is 1. The van der Waals surface area contributed by atoms with E-state index in [1.54, 1.807) is 18.2 Å². The number of H-pyrrole nitrogens is 1. The van der Waals surface area contributed by atoms with E-state index < -0.39 is 12.4 Å². The second-order valence-corrected chi connectivity index (χ2v) is 7.94. The molecular weight excluding hydrogens is 449 g/mol. The van der Waals surface area contributed by atoms with Gasteiger partial charge in [0, 0.05) is 23.9 Å². The minimum atomic E-state index is -0.591. The fourth-order valence-corrected chi connectivity index (χ4v) is 3.79. The van der Waals surface area contributed by atoms with Crippen molar-refractivity contribution in [1.82, 2.24) is 24.7 Å². The molecule has 0 bridgehead atoms. The number of hydrogen-bond acceptors (Lipinski definition) is 6. The Labute approximate surface area is 201 Å². The number of ether oxygens (including phenoxy) is 1. The first-order valence-corrected chi connectivity index (χ1v) is 11.2. The molecule has 35 heavy (non-hydrogen) atoms. The quantitative estimate of drug-likeness (QED) is 0.238. The number of alkyl halides is 1. The van der Waals surface area contributed by atoms with Crippen molar-refractivity contribution in [3.63, 3.8) is 0 Å². The number of amidine groups is 1. The lowest BCUT2D eigenvalue weighted by Gasteiger charge is -2.18. The van der Waals surface area contributed by atoms with Gasteiger partial charge < -0.3 is 10.5 Å². The Bertz CT molecular complexity index is 1350. The molecule has 4 N–H and O–H groups in total. The molecule has 1 unspecified atom stereocenters. The predicted molar refractivity (Wildman–Crippen MR) is 130 cm³/mol. The van der Waals surface area contributed by atoms with Gasteiger partial charge in [0.2, 0.25) is 0 Å². The molecule has 0 aliphatic heterocycles. The summed E-state index contributed by atoms with van der Waals surface area (Å²) in [6, 6.07) is 14.8. The first-order valence-electron chi connectivity index (χ1n) is 11.2. The van der Waals surface area contributed by atoms with Crippen LogP contribution in [0.3, 0.4) is 0 Å². The summed E-state index contributed by atoms with van der Waals surface area (Å²) in [6.45, 7) is 1.39. The highest BCUT2D eigenvalue weighted by Gasteiger charge is 2.23. The maximum absolute atomic E-state index is 12.8. The van der Waals surface area contributed by atoms with Gasteiger partial charge in [-0.2, -0.15) is 0 Å². The van der Waals surface area contributed by atoms with Crippen LogP contribution in [0.2, 0.25) is 0 Å². The third-order valence-corrected chi connectivity index (χ3v) is 5.56. The first-order chi connectivity index (χ1) is 17.0. The number of nitrogens with zero attached hydrogens (tertiary/aromatic N) is 4. The summed E-state index contributed by atoms with van der Waals surface area (Å²) in [7, 11) is 0. The molecule has 4 aromatic rings. The van der Waals surface area contributed by atoms with Crippen molar-refractivity contribution in [1.29, 1.82) is 5.41 Å². The van der Waals surface area contributed by atoms with Crippen LogP contribution in [0.4, 0.5) is 4.39 Å². The average Bonchev–Trinajstić information content (AvgIpc) is 3.27. The van der Waals surface area contributed by atoms with Gasteiger partial charge >= 0.3 is 5.69 Å². The number of aromatic amines is 1. The van der Waals surface area contributed by atoms with Crippen molar-refractivity contribution in [2.24, 2.45) is 5.73 Å². The fraction of sp³-hybridized carbons (Fsp3) is 0.240. The topological polar surface area (TPSA) is 136 Å². The number of nitrogen functional groups attached to an aromatic ring is 1. The molecule has 2 heterocycles. The Morgan fingerprint density at radius 2 is 1.91 bits per heavy atom. The minimum Gasteiger partial charge on any atom is -0.491 e. The largest absolute Gasteiger partial charge is 0.491 e. The average molecular weight is 476 g/mol. The molecule has 4 rings (SSSR count). The number of rotatable bonds is 10. The maximum Gasteiger partial charge on any atom is 0.350 e. The van der Waals surface area contributed by atoms with Crippen LogP contribution in [0.25, 0.3) is 5.95 Å². The lowest BCUT2D eigenvalue weighted by Crippen LogP contribution is -2.18. The van der Waals surface area contributed by atoms with E-state index in [1.165, 1.54) is 12.4 Å². The van der Waals surface area contributed by atoms with E-state index >= 15 is 0 Å². The Hall–Kier alpha value is -4.34. The van der Waals surface area contributed by atoms with Crippen LogP contribution in [-0.4, -0.2) is 43.8 Å². The molecular formula is C25H26FN7O2. The van der Waals surface area contributed by atoms with Crippen molar-refractivity contribution >= 4 is 5.84 Å². The molecule has 1 atom stereocenters. The van der Waals surface area contributed by atoms with Gasteiger partial charge in [0.15, 0.2) is 0 Å². The van der Waals surface area contributed by atoms with Crippen LogP contribution >= 0.6 is 0 Å². The molecule has 10 heteroatoms. The molecule has 2 aromatic carbocycles. The molecule has 0 fully saturated rings. The maximum atomic E-state index is 12.8. The van der Waals surface area contributed by atoms with Gasteiger partial charge in [0.25, 0.3) is 5.95 Å². The monoisotopic (exact) mass is 475 g/mol. The lowest BCUT2D eigenvalue weighted by atomic mass is 9.89. The first kappa shape index (κ1) is 23.8. The summed E-state index contributed by atoms with van der Waals surface area (Å²) in [6.07, 6.45) is 4.33. The molecule has 2 aromatic heterocycles. The van der Waals surface area contributed by atoms with E-state index in [1.807, 2.05) is 37.3 Å². The molecule has 9 nitrogen and oxygen atoms in total. The van der Waals surface area contributed by atoms with Gasteiger partial charge in [-0.15, -0.1) is 9.78 Å². The number of aromatic nitrogens is 5. The molecule has 0 radical (unpaired) electrons. The molecule has 0 aliphatic rings. The zero-order valence-corrected chi connectivity index (χ0v) is 19.2. The minimum absolute atomic E-state index is 0.00988. The van der Waals surface area contributed by atoms with Crippen LogP contribution in [0.15, 0.2) is 65.7 Å². The Balaban J connectivity index is 1.79. The number of nitrogens with two attached hydrogens (primary N) is 1. The van der Waals surface area contributed by atoms with Crippen LogP contribution in [0.1, 0.15) is 40.9 Å². The molecule has 0 saturated heterocycles. The van der Waals surface area contributed by atoms with Crippen LogP contribution < -0.4 is 16.2 Å². The van der Waals surface area contributed by atoms with E-state index in [2.05, 4.69) is 20.1 Å². The number of benzene rings is 2. The summed E-state index contributed by atoms with van der Waals surface area (Å²) < 4.78 is 19.5. The van der Waals surface area contributed by atoms with Crippen molar-refractivity contribution in [2.45, 2.75) is 25.7 Å². The predicted octanol–water partition coefficient (Wildman–Crippen LogP) is 2.92. The molecule has 0 saturated carbocycles. The summed E-state index contributed by atoms with van der Waals surface area (Å²) in [5.41, 5.74) is 8.60. The van der Waals surface area contributed by atoms with E-state index in [4.69, 9.17) is 15.9 Å². The third kappa shape index (κ3) is 5.60. The van der Waals surface area contributed by atoms with Gasteiger partial charge in [-0.3, -0.25) is 10.4 Å². The second kappa shape index (κ2) is 10.7. The normalized spacial score (nSPS) is 11.8. The Morgan fingerprint density at radius 1 is 1.17 bits per heavy atom. The molecule has 180 valence electrons. The van der Waals surface area contributed by atoms with Gasteiger partial charge in [-0.25, -0.2) is 19.2 Å². The van der Waals surface area contributed by atoms with Crippen LogP contribution in [0, 0.1) is 5.41 Å². The standard InChI is InChI=1S/C25H26FN7O2/c1-2-16-12-19(15-20(13-16)35-11-8-26)21(14-17-4-6-18(7-5-17)22(27)28)23-31-25(34)33(32-23)24-29-9-3-10-30-24/h3-7,9-10,12-13,15,21H,2,8,11,14H2,1H3,(H3,27,28)(H,31,32,34).